The third-order valence-electron chi connectivity index (χ3n) is 4.74. The lowest BCUT2D eigenvalue weighted by Gasteiger charge is -2.36. The van der Waals surface area contributed by atoms with Crippen molar-refractivity contribution in [3.05, 3.63) is 11.7 Å². The number of amides is 2. The molecular formula is C17H26N4O4. The van der Waals surface area contributed by atoms with Crippen LogP contribution in [0.3, 0.4) is 0 Å². The van der Waals surface area contributed by atoms with Gasteiger partial charge in [0.25, 0.3) is 5.91 Å². The Morgan fingerprint density at radius 2 is 1.96 bits per heavy atom. The fourth-order valence-corrected chi connectivity index (χ4v) is 3.25. The molecule has 1 aromatic heterocycles. The van der Waals surface area contributed by atoms with Gasteiger partial charge in [0.15, 0.2) is 11.9 Å². The van der Waals surface area contributed by atoms with Crippen LogP contribution in [0, 0.1) is 0 Å². The third-order valence-corrected chi connectivity index (χ3v) is 4.74. The first-order valence-corrected chi connectivity index (χ1v) is 9.17. The number of nitrogens with zero attached hydrogens (tertiary/aromatic N) is 4. The molecule has 2 saturated heterocycles. The molecule has 3 heterocycles. The number of hydrogen-bond donors (Lipinski definition) is 0. The van der Waals surface area contributed by atoms with E-state index >= 15 is 0 Å². The summed E-state index contributed by atoms with van der Waals surface area (Å²) in [4.78, 5) is 32.8. The van der Waals surface area contributed by atoms with E-state index in [1.165, 1.54) is 6.42 Å². The number of piperidine rings is 1. The van der Waals surface area contributed by atoms with Gasteiger partial charge >= 0.3 is 0 Å². The van der Waals surface area contributed by atoms with Crippen LogP contribution in [0.5, 0.6) is 0 Å². The molecule has 0 radical (unpaired) electrons. The molecule has 0 aromatic carbocycles. The minimum atomic E-state index is -0.536. The van der Waals surface area contributed by atoms with Crippen LogP contribution in [0.15, 0.2) is 4.52 Å². The van der Waals surface area contributed by atoms with Crippen LogP contribution in [-0.2, 0) is 27.2 Å². The highest BCUT2D eigenvalue weighted by Gasteiger charge is 2.32. The fourth-order valence-electron chi connectivity index (χ4n) is 3.25. The summed E-state index contributed by atoms with van der Waals surface area (Å²) < 4.78 is 10.7. The van der Waals surface area contributed by atoms with Crippen LogP contribution in [0.2, 0.25) is 0 Å². The normalized spacial score (nSPS) is 21.4. The Bertz CT molecular complexity index is 597. The van der Waals surface area contributed by atoms with Crippen molar-refractivity contribution in [1.82, 2.24) is 19.9 Å². The second-order valence-corrected chi connectivity index (χ2v) is 6.54. The number of rotatable bonds is 5. The Morgan fingerprint density at radius 1 is 1.16 bits per heavy atom. The Labute approximate surface area is 147 Å². The highest BCUT2D eigenvalue weighted by molar-refractivity contribution is 5.83. The largest absolute Gasteiger partial charge is 0.365 e. The molecule has 2 fully saturated rings. The van der Waals surface area contributed by atoms with Crippen molar-refractivity contribution in [1.29, 1.82) is 0 Å². The lowest BCUT2D eigenvalue weighted by atomic mass is 10.1. The van der Waals surface area contributed by atoms with E-state index in [2.05, 4.69) is 10.1 Å². The molecule has 8 heteroatoms. The topological polar surface area (TPSA) is 88.8 Å². The quantitative estimate of drug-likeness (QED) is 0.781. The molecule has 0 saturated carbocycles. The minimum absolute atomic E-state index is 0.00371. The molecule has 8 nitrogen and oxygen atoms in total. The lowest BCUT2D eigenvalue weighted by molar-refractivity contribution is -0.155. The standard InChI is InChI=1S/C17H26N4O4/c1-2-14-18-15(25-19-14)6-7-16(22)21-10-11-24-13(12-21)17(23)20-8-4-3-5-9-20/h13H,2-12H2,1H3. The third kappa shape index (κ3) is 4.56. The molecule has 0 aliphatic carbocycles. The summed E-state index contributed by atoms with van der Waals surface area (Å²) in [6, 6.07) is 0. The molecule has 0 spiro atoms. The highest BCUT2D eigenvalue weighted by Crippen LogP contribution is 2.15. The van der Waals surface area contributed by atoms with Crippen molar-refractivity contribution < 1.29 is 18.8 Å². The van der Waals surface area contributed by atoms with Gasteiger partial charge in [-0.2, -0.15) is 4.98 Å². The average molecular weight is 350 g/mol. The maximum atomic E-state index is 12.6. The molecule has 2 aliphatic heterocycles. The van der Waals surface area contributed by atoms with Gasteiger partial charge in [0.1, 0.15) is 0 Å². The van der Waals surface area contributed by atoms with Crippen LogP contribution >= 0.6 is 0 Å². The molecule has 0 bridgehead atoms. The summed E-state index contributed by atoms with van der Waals surface area (Å²) in [7, 11) is 0. The van der Waals surface area contributed by atoms with Crippen molar-refractivity contribution in [2.24, 2.45) is 0 Å². The molecule has 25 heavy (non-hydrogen) atoms. The Hall–Kier alpha value is -1.96. The van der Waals surface area contributed by atoms with Crippen LogP contribution < -0.4 is 0 Å². The SMILES string of the molecule is CCc1noc(CCC(=O)N2CCOC(C(=O)N3CCCCC3)C2)n1. The number of ether oxygens (including phenoxy) is 1. The number of carbonyl (C=O) groups is 2. The van der Waals surface area contributed by atoms with E-state index in [4.69, 9.17) is 9.26 Å². The lowest BCUT2D eigenvalue weighted by Crippen LogP contribution is -2.53. The first-order chi connectivity index (χ1) is 12.2. The summed E-state index contributed by atoms with van der Waals surface area (Å²) in [6.07, 6.45) is 4.17. The summed E-state index contributed by atoms with van der Waals surface area (Å²) in [5, 5.41) is 3.83. The molecule has 3 rings (SSSR count). The molecule has 1 aromatic rings. The van der Waals surface area contributed by atoms with Gasteiger partial charge < -0.3 is 19.1 Å². The Balaban J connectivity index is 1.49. The average Bonchev–Trinajstić information content (AvgIpc) is 3.14. The van der Waals surface area contributed by atoms with Crippen LogP contribution in [0.1, 0.15) is 44.3 Å². The van der Waals surface area contributed by atoms with Gasteiger partial charge in [-0.1, -0.05) is 12.1 Å². The van der Waals surface area contributed by atoms with Gasteiger partial charge in [0, 0.05) is 38.9 Å². The van der Waals surface area contributed by atoms with Gasteiger partial charge in [0.05, 0.1) is 13.2 Å². The number of aromatic nitrogens is 2. The second-order valence-electron chi connectivity index (χ2n) is 6.54. The van der Waals surface area contributed by atoms with Crippen LogP contribution in [-0.4, -0.2) is 70.6 Å². The molecule has 138 valence electrons. The first-order valence-electron chi connectivity index (χ1n) is 9.17. The predicted molar refractivity (Wildman–Crippen MR) is 88.7 cm³/mol. The Morgan fingerprint density at radius 3 is 2.68 bits per heavy atom. The van der Waals surface area contributed by atoms with E-state index in [0.29, 0.717) is 50.7 Å². The summed E-state index contributed by atoms with van der Waals surface area (Å²) >= 11 is 0. The van der Waals surface area contributed by atoms with E-state index in [-0.39, 0.29) is 11.8 Å². The molecule has 2 aliphatic rings. The van der Waals surface area contributed by atoms with Crippen molar-refractivity contribution in [2.45, 2.75) is 51.6 Å². The van der Waals surface area contributed by atoms with E-state index in [1.807, 2.05) is 11.8 Å². The predicted octanol–water partition coefficient (Wildman–Crippen LogP) is 0.805. The molecule has 0 N–H and O–H groups in total. The zero-order valence-electron chi connectivity index (χ0n) is 14.8. The van der Waals surface area contributed by atoms with E-state index in [0.717, 1.165) is 25.9 Å². The van der Waals surface area contributed by atoms with Gasteiger partial charge in [-0.3, -0.25) is 9.59 Å². The number of hydrogen-bond acceptors (Lipinski definition) is 6. The summed E-state index contributed by atoms with van der Waals surface area (Å²) in [6.45, 7) is 4.79. The fraction of sp³-hybridized carbons (Fsp3) is 0.765. The first kappa shape index (κ1) is 17.8. The summed E-state index contributed by atoms with van der Waals surface area (Å²) in [5.41, 5.74) is 0. The van der Waals surface area contributed by atoms with Gasteiger partial charge in [-0.25, -0.2) is 0 Å². The van der Waals surface area contributed by atoms with Crippen molar-refractivity contribution in [3.8, 4) is 0 Å². The van der Waals surface area contributed by atoms with Gasteiger partial charge in [0.2, 0.25) is 11.8 Å². The number of carbonyl (C=O) groups excluding carboxylic acids is 2. The molecular weight excluding hydrogens is 324 g/mol. The minimum Gasteiger partial charge on any atom is -0.365 e. The smallest absolute Gasteiger partial charge is 0.253 e. The van der Waals surface area contributed by atoms with Crippen LogP contribution in [0.4, 0.5) is 0 Å². The van der Waals surface area contributed by atoms with E-state index in [1.54, 1.807) is 4.90 Å². The molecule has 1 unspecified atom stereocenters. The van der Waals surface area contributed by atoms with E-state index in [9.17, 15) is 9.59 Å². The Kier molecular flexibility index (Phi) is 6.01. The maximum Gasteiger partial charge on any atom is 0.253 e. The van der Waals surface area contributed by atoms with Crippen molar-refractivity contribution >= 4 is 11.8 Å². The number of aryl methyl sites for hydroxylation is 2. The van der Waals surface area contributed by atoms with Crippen molar-refractivity contribution in [3.63, 3.8) is 0 Å². The monoisotopic (exact) mass is 350 g/mol. The van der Waals surface area contributed by atoms with Gasteiger partial charge in [-0.15, -0.1) is 0 Å². The van der Waals surface area contributed by atoms with Crippen molar-refractivity contribution in [2.75, 3.05) is 32.8 Å². The number of morpholine rings is 1. The summed E-state index contributed by atoms with van der Waals surface area (Å²) in [5.74, 6) is 1.15. The molecule has 2 amide bonds. The molecule has 1 atom stereocenters. The zero-order chi connectivity index (χ0) is 17.6. The second kappa shape index (κ2) is 8.42. The maximum absolute atomic E-state index is 12.6. The highest BCUT2D eigenvalue weighted by atomic mass is 16.5. The number of likely N-dealkylation sites (tertiary alicyclic amines) is 1. The van der Waals surface area contributed by atoms with Crippen LogP contribution in [0.25, 0.3) is 0 Å². The zero-order valence-corrected chi connectivity index (χ0v) is 14.8. The van der Waals surface area contributed by atoms with E-state index < -0.39 is 6.10 Å². The van der Waals surface area contributed by atoms with Gasteiger partial charge in [-0.05, 0) is 19.3 Å².